The Morgan fingerprint density at radius 3 is 2.85 bits per heavy atom. The zero-order valence-electron chi connectivity index (χ0n) is 14.4. The molecule has 0 radical (unpaired) electrons. The molecule has 3 N–H and O–H groups in total. The summed E-state index contributed by atoms with van der Waals surface area (Å²) in [5, 5.41) is 0.713. The molecule has 26 heavy (non-hydrogen) atoms. The van der Waals surface area contributed by atoms with Gasteiger partial charge in [0.05, 0.1) is 11.4 Å². The average Bonchev–Trinajstić information content (AvgIpc) is 3.31. The van der Waals surface area contributed by atoms with Crippen LogP contribution in [0.3, 0.4) is 0 Å². The second kappa shape index (κ2) is 7.92. The zero-order valence-corrected chi connectivity index (χ0v) is 15.3. The molecule has 0 fully saturated rings. The van der Waals surface area contributed by atoms with Crippen LogP contribution < -0.4 is 10.9 Å². The van der Waals surface area contributed by atoms with Crippen LogP contribution in [0.25, 0.3) is 5.69 Å². The third-order valence-corrected chi connectivity index (χ3v) is 4.69. The first-order chi connectivity index (χ1) is 12.5. The number of aryl methyl sites for hydroxylation is 2. The van der Waals surface area contributed by atoms with Crippen molar-refractivity contribution in [2.45, 2.75) is 19.0 Å². The Bertz CT molecular complexity index is 918. The van der Waals surface area contributed by atoms with Crippen LogP contribution in [0.2, 0.25) is 0 Å². The maximum absolute atomic E-state index is 12.0. The molecule has 8 heteroatoms. The molecule has 3 rings (SSSR count). The summed E-state index contributed by atoms with van der Waals surface area (Å²) < 4.78 is 1.96. The van der Waals surface area contributed by atoms with Crippen molar-refractivity contribution in [2.75, 3.05) is 5.75 Å². The van der Waals surface area contributed by atoms with Crippen molar-refractivity contribution in [2.24, 2.45) is 0 Å². The molecule has 1 aromatic carbocycles. The van der Waals surface area contributed by atoms with E-state index < -0.39 is 5.91 Å². The number of aromatic amines is 1. The summed E-state index contributed by atoms with van der Waals surface area (Å²) >= 11 is 1.30. The second-order valence-electron chi connectivity index (χ2n) is 5.74. The number of hydrazine groups is 1. The Labute approximate surface area is 155 Å². The standard InChI is InChI=1S/C18H19N5O2S/c1-12-5-6-13(2)15(10-12)23-9-8-20-18(23)26-11-16(24)21-22-17(25)14-4-3-7-19-14/h3-10,19H,11H2,1-2H3,(H,21,24)(H,22,25). The number of rotatable bonds is 5. The number of benzene rings is 1. The summed E-state index contributed by atoms with van der Waals surface area (Å²) in [6.45, 7) is 4.07. The van der Waals surface area contributed by atoms with Gasteiger partial charge in [-0.05, 0) is 43.2 Å². The maximum Gasteiger partial charge on any atom is 0.286 e. The van der Waals surface area contributed by atoms with Gasteiger partial charge in [0, 0.05) is 18.6 Å². The van der Waals surface area contributed by atoms with E-state index in [-0.39, 0.29) is 11.7 Å². The molecule has 0 unspecified atom stereocenters. The van der Waals surface area contributed by atoms with Crippen LogP contribution in [0.15, 0.2) is 54.1 Å². The van der Waals surface area contributed by atoms with Crippen LogP contribution in [-0.4, -0.2) is 32.1 Å². The molecule has 0 bridgehead atoms. The molecule has 0 saturated carbocycles. The number of H-pyrrole nitrogens is 1. The average molecular weight is 369 g/mol. The number of carbonyl (C=O) groups is 2. The molecule has 2 amide bonds. The molecule has 2 heterocycles. The lowest BCUT2D eigenvalue weighted by atomic mass is 10.1. The lowest BCUT2D eigenvalue weighted by molar-refractivity contribution is -0.119. The minimum absolute atomic E-state index is 0.132. The van der Waals surface area contributed by atoms with Crippen LogP contribution in [0.1, 0.15) is 21.6 Å². The highest BCUT2D eigenvalue weighted by Crippen LogP contribution is 2.23. The molecule has 0 aliphatic carbocycles. The van der Waals surface area contributed by atoms with Crippen molar-refractivity contribution in [1.29, 1.82) is 0 Å². The summed E-state index contributed by atoms with van der Waals surface area (Å²) in [7, 11) is 0. The molecule has 3 aromatic rings. The number of imidazole rings is 1. The molecule has 2 aromatic heterocycles. The van der Waals surface area contributed by atoms with Crippen molar-refractivity contribution in [3.63, 3.8) is 0 Å². The van der Waals surface area contributed by atoms with E-state index in [2.05, 4.69) is 39.0 Å². The molecule has 7 nitrogen and oxygen atoms in total. The molecule has 0 spiro atoms. The summed E-state index contributed by atoms with van der Waals surface area (Å²) in [4.78, 5) is 30.9. The summed E-state index contributed by atoms with van der Waals surface area (Å²) in [5.41, 5.74) is 8.45. The van der Waals surface area contributed by atoms with Crippen molar-refractivity contribution in [3.05, 3.63) is 65.7 Å². The monoisotopic (exact) mass is 369 g/mol. The predicted molar refractivity (Wildman–Crippen MR) is 100 cm³/mol. The summed E-state index contributed by atoms with van der Waals surface area (Å²) in [5.74, 6) is -0.581. The highest BCUT2D eigenvalue weighted by Gasteiger charge is 2.12. The Hall–Kier alpha value is -3.00. The number of carbonyl (C=O) groups excluding carboxylic acids is 2. The first kappa shape index (κ1) is 17.8. The Morgan fingerprint density at radius 1 is 1.23 bits per heavy atom. The van der Waals surface area contributed by atoms with E-state index in [1.165, 1.54) is 11.8 Å². The minimum Gasteiger partial charge on any atom is -0.357 e. The van der Waals surface area contributed by atoms with E-state index >= 15 is 0 Å². The van der Waals surface area contributed by atoms with Gasteiger partial charge in [-0.2, -0.15) is 0 Å². The SMILES string of the molecule is Cc1ccc(C)c(-n2ccnc2SCC(=O)NNC(=O)c2ccc[nH]2)c1. The van der Waals surface area contributed by atoms with Gasteiger partial charge in [-0.1, -0.05) is 23.9 Å². The van der Waals surface area contributed by atoms with Gasteiger partial charge in [0.25, 0.3) is 5.91 Å². The second-order valence-corrected chi connectivity index (χ2v) is 6.69. The smallest absolute Gasteiger partial charge is 0.286 e. The van der Waals surface area contributed by atoms with Gasteiger partial charge in [0.15, 0.2) is 5.16 Å². The van der Waals surface area contributed by atoms with Crippen LogP contribution in [0.4, 0.5) is 0 Å². The Morgan fingerprint density at radius 2 is 2.08 bits per heavy atom. The summed E-state index contributed by atoms with van der Waals surface area (Å²) in [6.07, 6.45) is 5.21. The molecule has 0 atom stereocenters. The normalized spacial score (nSPS) is 10.5. The topological polar surface area (TPSA) is 91.8 Å². The fourth-order valence-corrected chi connectivity index (χ4v) is 3.16. The van der Waals surface area contributed by atoms with E-state index in [4.69, 9.17) is 0 Å². The van der Waals surface area contributed by atoms with Crippen LogP contribution >= 0.6 is 11.8 Å². The molecular weight excluding hydrogens is 350 g/mol. The molecular formula is C18H19N5O2S. The third kappa shape index (κ3) is 4.15. The molecule has 134 valence electrons. The predicted octanol–water partition coefficient (Wildman–Crippen LogP) is 2.37. The minimum atomic E-state index is -0.398. The van der Waals surface area contributed by atoms with Gasteiger partial charge in [0.1, 0.15) is 5.69 Å². The van der Waals surface area contributed by atoms with Gasteiger partial charge in [-0.3, -0.25) is 25.0 Å². The lowest BCUT2D eigenvalue weighted by Gasteiger charge is -2.11. The van der Waals surface area contributed by atoms with Crippen molar-refractivity contribution in [3.8, 4) is 5.69 Å². The molecule has 0 saturated heterocycles. The van der Waals surface area contributed by atoms with Gasteiger partial charge in [-0.15, -0.1) is 0 Å². The van der Waals surface area contributed by atoms with E-state index in [0.717, 1.165) is 16.8 Å². The number of thioether (sulfide) groups is 1. The lowest BCUT2D eigenvalue weighted by Crippen LogP contribution is -2.42. The van der Waals surface area contributed by atoms with Crippen LogP contribution in [-0.2, 0) is 4.79 Å². The molecule has 0 aliphatic heterocycles. The Kier molecular flexibility index (Phi) is 5.43. The van der Waals surface area contributed by atoms with Crippen molar-refractivity contribution < 1.29 is 9.59 Å². The fourth-order valence-electron chi connectivity index (χ4n) is 2.39. The van der Waals surface area contributed by atoms with Crippen molar-refractivity contribution in [1.82, 2.24) is 25.4 Å². The quantitative estimate of drug-likeness (QED) is 0.476. The molecule has 0 aliphatic rings. The first-order valence-corrected chi connectivity index (χ1v) is 8.99. The third-order valence-electron chi connectivity index (χ3n) is 3.72. The number of nitrogens with one attached hydrogen (secondary N) is 3. The largest absolute Gasteiger partial charge is 0.357 e. The maximum atomic E-state index is 12.0. The van der Waals surface area contributed by atoms with Gasteiger partial charge < -0.3 is 4.98 Å². The highest BCUT2D eigenvalue weighted by atomic mass is 32.2. The number of nitrogens with zero attached hydrogens (tertiary/aromatic N) is 2. The van der Waals surface area contributed by atoms with Crippen LogP contribution in [0.5, 0.6) is 0 Å². The van der Waals surface area contributed by atoms with Gasteiger partial charge in [0.2, 0.25) is 5.91 Å². The van der Waals surface area contributed by atoms with Gasteiger partial charge >= 0.3 is 0 Å². The zero-order chi connectivity index (χ0) is 18.5. The van der Waals surface area contributed by atoms with E-state index in [9.17, 15) is 9.59 Å². The van der Waals surface area contributed by atoms with Crippen LogP contribution in [0, 0.1) is 13.8 Å². The van der Waals surface area contributed by atoms with E-state index in [1.54, 1.807) is 24.5 Å². The number of amides is 2. The van der Waals surface area contributed by atoms with Gasteiger partial charge in [-0.25, -0.2) is 4.98 Å². The highest BCUT2D eigenvalue weighted by molar-refractivity contribution is 7.99. The van der Waals surface area contributed by atoms with E-state index in [1.807, 2.05) is 24.6 Å². The summed E-state index contributed by atoms with van der Waals surface area (Å²) in [6, 6.07) is 9.53. The number of aromatic nitrogens is 3. The Balaban J connectivity index is 1.59. The fraction of sp³-hybridized carbons (Fsp3) is 0.167. The van der Waals surface area contributed by atoms with Crippen molar-refractivity contribution >= 4 is 23.6 Å². The van der Waals surface area contributed by atoms with E-state index in [0.29, 0.717) is 10.9 Å². The number of hydrogen-bond acceptors (Lipinski definition) is 4. The number of hydrogen-bond donors (Lipinski definition) is 3. The first-order valence-electron chi connectivity index (χ1n) is 8.01.